The molecule has 0 aliphatic heterocycles. The molecule has 0 heterocycles. The van der Waals surface area contributed by atoms with E-state index in [1.807, 2.05) is 0 Å². The first kappa shape index (κ1) is 14.5. The molecule has 0 N–H and O–H groups in total. The van der Waals surface area contributed by atoms with E-state index in [1.165, 1.54) is 0 Å². The summed E-state index contributed by atoms with van der Waals surface area (Å²) in [4.78, 5) is 0. The highest BCUT2D eigenvalue weighted by atomic mass is 79.9. The van der Waals surface area contributed by atoms with Gasteiger partial charge < -0.3 is 0 Å². The summed E-state index contributed by atoms with van der Waals surface area (Å²) < 4.78 is -2.43. The normalized spacial score (nSPS) is 13.0. The van der Waals surface area contributed by atoms with Crippen molar-refractivity contribution < 1.29 is 0 Å². The number of alkyl halides is 6. The first-order valence-corrected chi connectivity index (χ1v) is 6.62. The third-order valence-corrected chi connectivity index (χ3v) is 3.52. The first-order chi connectivity index (χ1) is 6.62. The summed E-state index contributed by atoms with van der Waals surface area (Å²) in [6.45, 7) is 0. The van der Waals surface area contributed by atoms with Crippen LogP contribution < -0.4 is 0 Å². The van der Waals surface area contributed by atoms with Crippen LogP contribution >= 0.6 is 85.5 Å². The van der Waals surface area contributed by atoms with E-state index in [-0.39, 0.29) is 0 Å². The van der Waals surface area contributed by atoms with Crippen LogP contribution in [-0.2, 0) is 7.59 Å². The van der Waals surface area contributed by atoms with Gasteiger partial charge in [-0.05, 0) is 6.07 Å². The van der Waals surface area contributed by atoms with Gasteiger partial charge in [0.1, 0.15) is 0 Å². The van der Waals surface area contributed by atoms with E-state index >= 15 is 0 Å². The number of rotatable bonds is 0. The minimum absolute atomic E-state index is 0.491. The lowest BCUT2D eigenvalue weighted by Crippen LogP contribution is -2.05. The third kappa shape index (κ3) is 3.99. The smallest absolute Gasteiger partial charge is 0.0784 e. The molecule has 0 aliphatic carbocycles. The molecule has 7 heteroatoms. The molecule has 0 spiro atoms. The second-order valence-corrected chi connectivity index (χ2v) is 8.11. The quantitative estimate of drug-likeness (QED) is 0.469. The minimum atomic E-state index is -1.51. The minimum Gasteiger partial charge on any atom is -0.0784 e. The van der Waals surface area contributed by atoms with Crippen LogP contribution in [0.4, 0.5) is 0 Å². The zero-order valence-electron chi connectivity index (χ0n) is 6.88. The van der Waals surface area contributed by atoms with Crippen molar-refractivity contribution in [3.63, 3.8) is 0 Å². The summed E-state index contributed by atoms with van der Waals surface area (Å²) in [5.41, 5.74) is 0.989. The Bertz CT molecular complexity index is 364. The van der Waals surface area contributed by atoms with E-state index in [2.05, 4.69) is 15.9 Å². The van der Waals surface area contributed by atoms with E-state index in [0.29, 0.717) is 15.6 Å². The van der Waals surface area contributed by atoms with Crippen LogP contribution in [0.15, 0.2) is 22.7 Å². The molecule has 1 aromatic rings. The summed E-state index contributed by atoms with van der Waals surface area (Å²) >= 11 is 37.6. The lowest BCUT2D eigenvalue weighted by Gasteiger charge is -2.17. The molecule has 1 rings (SSSR count). The fourth-order valence-electron chi connectivity index (χ4n) is 0.921. The molecule has 15 heavy (non-hydrogen) atoms. The lowest BCUT2D eigenvalue weighted by molar-refractivity contribution is 1.17. The predicted molar refractivity (Wildman–Crippen MR) is 72.6 cm³/mol. The Morgan fingerprint density at radius 3 is 1.73 bits per heavy atom. The van der Waals surface area contributed by atoms with E-state index in [4.69, 9.17) is 69.6 Å². The summed E-state index contributed by atoms with van der Waals surface area (Å²) in [6.07, 6.45) is 0. The molecule has 0 unspecified atom stereocenters. The van der Waals surface area contributed by atoms with Crippen molar-refractivity contribution in [1.82, 2.24) is 0 Å². The van der Waals surface area contributed by atoms with Gasteiger partial charge in [-0.3, -0.25) is 0 Å². The van der Waals surface area contributed by atoms with Crippen molar-refractivity contribution in [2.24, 2.45) is 0 Å². The Balaban J connectivity index is 3.21. The summed E-state index contributed by atoms with van der Waals surface area (Å²) in [7, 11) is 0. The highest BCUT2D eigenvalue weighted by Gasteiger charge is 2.28. The maximum atomic E-state index is 5.73. The van der Waals surface area contributed by atoms with Gasteiger partial charge in [-0.2, -0.15) is 0 Å². The Kier molecular flexibility index (Phi) is 4.81. The first-order valence-electron chi connectivity index (χ1n) is 3.56. The zero-order valence-corrected chi connectivity index (χ0v) is 13.0. The second-order valence-electron chi connectivity index (χ2n) is 2.69. The largest absolute Gasteiger partial charge is 0.217 e. The van der Waals surface area contributed by atoms with E-state index in [9.17, 15) is 0 Å². The molecule has 0 saturated carbocycles. The van der Waals surface area contributed by atoms with Crippen molar-refractivity contribution in [3.05, 3.63) is 33.8 Å². The van der Waals surface area contributed by atoms with Gasteiger partial charge >= 0.3 is 0 Å². The average Bonchev–Trinajstić information content (AvgIpc) is 1.99. The van der Waals surface area contributed by atoms with Gasteiger partial charge in [0.25, 0.3) is 0 Å². The Morgan fingerprint density at radius 1 is 0.867 bits per heavy atom. The van der Waals surface area contributed by atoms with Crippen molar-refractivity contribution in [3.8, 4) is 0 Å². The molecule has 0 bridgehead atoms. The Morgan fingerprint density at radius 2 is 1.40 bits per heavy atom. The standard InChI is InChI=1S/C8H3BrCl6/c9-6-3-4(7(10,11)12)1-2-5(6)8(13,14)15/h1-3H. The predicted octanol–water partition coefficient (Wildman–Crippen LogP) is 6.10. The zero-order chi connectivity index (χ0) is 11.9. The molecular formula is C8H3BrCl6. The highest BCUT2D eigenvalue weighted by Crippen LogP contribution is 2.45. The average molecular weight is 392 g/mol. The molecule has 0 fully saturated rings. The van der Waals surface area contributed by atoms with Crippen LogP contribution in [0.5, 0.6) is 0 Å². The SMILES string of the molecule is ClC(Cl)(Cl)c1ccc(C(Cl)(Cl)Cl)c(Br)c1. The number of benzene rings is 1. The van der Waals surface area contributed by atoms with Gasteiger partial charge in [0.05, 0.1) is 0 Å². The number of hydrogen-bond acceptors (Lipinski definition) is 0. The molecule has 0 nitrogen and oxygen atoms in total. The van der Waals surface area contributed by atoms with Crippen LogP contribution in [0.1, 0.15) is 11.1 Å². The molecule has 0 aromatic heterocycles. The monoisotopic (exact) mass is 388 g/mol. The van der Waals surface area contributed by atoms with Crippen molar-refractivity contribution in [2.75, 3.05) is 0 Å². The van der Waals surface area contributed by atoms with Crippen LogP contribution in [0.25, 0.3) is 0 Å². The van der Waals surface area contributed by atoms with Crippen molar-refractivity contribution in [2.45, 2.75) is 7.59 Å². The Labute approximate surface area is 126 Å². The van der Waals surface area contributed by atoms with Gasteiger partial charge in [0.2, 0.25) is 7.59 Å². The van der Waals surface area contributed by atoms with Gasteiger partial charge in [-0.25, -0.2) is 0 Å². The summed E-state index contributed by atoms with van der Waals surface area (Å²) in [6, 6.07) is 4.79. The van der Waals surface area contributed by atoms with Gasteiger partial charge in [0.15, 0.2) is 0 Å². The topological polar surface area (TPSA) is 0 Å². The lowest BCUT2D eigenvalue weighted by atomic mass is 10.2. The fraction of sp³-hybridized carbons (Fsp3) is 0.250. The molecule has 0 saturated heterocycles. The molecule has 0 radical (unpaired) electrons. The fourth-order valence-corrected chi connectivity index (χ4v) is 2.79. The summed E-state index contributed by atoms with van der Waals surface area (Å²) in [5, 5.41) is 0. The van der Waals surface area contributed by atoms with Crippen molar-refractivity contribution in [1.29, 1.82) is 0 Å². The molecule has 0 aliphatic rings. The summed E-state index contributed by atoms with van der Waals surface area (Å²) in [5.74, 6) is 0. The van der Waals surface area contributed by atoms with Gasteiger partial charge in [-0.1, -0.05) is 97.7 Å². The van der Waals surface area contributed by atoms with Crippen LogP contribution in [0.3, 0.4) is 0 Å². The van der Waals surface area contributed by atoms with E-state index in [1.54, 1.807) is 18.2 Å². The molecule has 84 valence electrons. The Hall–Kier alpha value is 1.44. The van der Waals surface area contributed by atoms with Crippen molar-refractivity contribution >= 4 is 85.5 Å². The van der Waals surface area contributed by atoms with E-state index in [0.717, 1.165) is 0 Å². The van der Waals surface area contributed by atoms with E-state index < -0.39 is 7.59 Å². The molecular weight excluding hydrogens is 389 g/mol. The highest BCUT2D eigenvalue weighted by molar-refractivity contribution is 9.10. The van der Waals surface area contributed by atoms with Crippen LogP contribution in [0.2, 0.25) is 0 Å². The van der Waals surface area contributed by atoms with Gasteiger partial charge in [-0.15, -0.1) is 0 Å². The second kappa shape index (κ2) is 4.97. The molecule has 0 amide bonds. The van der Waals surface area contributed by atoms with Crippen LogP contribution in [-0.4, -0.2) is 0 Å². The maximum Gasteiger partial charge on any atom is 0.217 e. The number of hydrogen-bond donors (Lipinski definition) is 0. The van der Waals surface area contributed by atoms with Crippen LogP contribution in [0, 0.1) is 0 Å². The van der Waals surface area contributed by atoms with Gasteiger partial charge in [0, 0.05) is 15.6 Å². The molecule has 1 aromatic carbocycles. The maximum absolute atomic E-state index is 5.73. The molecule has 0 atom stereocenters. The third-order valence-electron chi connectivity index (χ3n) is 1.60. The number of halogens is 7.